The molecule has 0 saturated carbocycles. The highest BCUT2D eigenvalue weighted by molar-refractivity contribution is 6.90. The van der Waals surface area contributed by atoms with Crippen LogP contribution in [0.15, 0.2) is 218 Å². The number of aromatic amines is 1. The number of hydrogen-bond donors (Lipinski definition) is 1. The molecule has 0 aliphatic carbocycles. The molecular formula is C60H38B2N4O2. The number of nitrogens with zero attached hydrogens (tertiary/aromatic N) is 3. The van der Waals surface area contributed by atoms with E-state index in [1.54, 1.807) is 0 Å². The van der Waals surface area contributed by atoms with Crippen molar-refractivity contribution in [3.63, 3.8) is 0 Å². The van der Waals surface area contributed by atoms with Gasteiger partial charge >= 0.3 is 6.85 Å². The Morgan fingerprint density at radius 1 is 0.426 bits per heavy atom. The minimum Gasteiger partial charge on any atom is -0.458 e. The predicted molar refractivity (Wildman–Crippen MR) is 283 cm³/mol. The summed E-state index contributed by atoms with van der Waals surface area (Å²) < 4.78 is 17.2. The van der Waals surface area contributed by atoms with Crippen molar-refractivity contribution in [2.24, 2.45) is 0 Å². The van der Waals surface area contributed by atoms with E-state index in [0.29, 0.717) is 7.28 Å². The average Bonchev–Trinajstić information content (AvgIpc) is 3.94. The van der Waals surface area contributed by atoms with Gasteiger partial charge in [0, 0.05) is 101 Å². The second-order valence-electron chi connectivity index (χ2n) is 18.1. The molecule has 3 aliphatic heterocycles. The molecule has 12 aromatic rings. The Morgan fingerprint density at radius 2 is 0.985 bits per heavy atom. The van der Waals surface area contributed by atoms with Crippen LogP contribution in [0.4, 0.5) is 34.1 Å². The molecule has 0 bridgehead atoms. The van der Waals surface area contributed by atoms with E-state index in [0.717, 1.165) is 84.5 Å². The summed E-state index contributed by atoms with van der Waals surface area (Å²) in [6, 6.07) is 77.9. The third kappa shape index (κ3) is 5.37. The van der Waals surface area contributed by atoms with E-state index in [4.69, 9.17) is 9.47 Å². The largest absolute Gasteiger partial charge is 0.458 e. The van der Waals surface area contributed by atoms with Gasteiger partial charge in [-0.3, -0.25) is 0 Å². The summed E-state index contributed by atoms with van der Waals surface area (Å²) in [5.41, 5.74) is 18.0. The number of ether oxygens (including phenoxy) is 2. The topological polar surface area (TPSA) is 45.7 Å². The van der Waals surface area contributed by atoms with E-state index in [1.165, 1.54) is 49.2 Å². The number of anilines is 6. The van der Waals surface area contributed by atoms with E-state index in [1.807, 2.05) is 0 Å². The first kappa shape index (κ1) is 37.4. The molecule has 68 heavy (non-hydrogen) atoms. The van der Waals surface area contributed by atoms with Crippen LogP contribution in [0.2, 0.25) is 0 Å². The third-order valence-electron chi connectivity index (χ3n) is 14.4. The summed E-state index contributed by atoms with van der Waals surface area (Å²) in [6.07, 6.45) is 0. The summed E-state index contributed by atoms with van der Waals surface area (Å²) in [4.78, 5) is 8.54. The number of H-pyrrole nitrogens is 1. The number of aromatic nitrogens is 2. The number of rotatable bonds is 6. The van der Waals surface area contributed by atoms with E-state index in [2.05, 4.69) is 238 Å². The molecular weight excluding hydrogens is 830 g/mol. The highest BCUT2D eigenvalue weighted by atomic mass is 16.5. The van der Waals surface area contributed by atoms with Crippen molar-refractivity contribution >= 4 is 114 Å². The minimum absolute atomic E-state index is 0.171. The molecule has 0 saturated heterocycles. The Morgan fingerprint density at radius 3 is 1.65 bits per heavy atom. The fourth-order valence-electron chi connectivity index (χ4n) is 11.5. The molecule has 1 N–H and O–H groups in total. The van der Waals surface area contributed by atoms with E-state index < -0.39 is 0 Å². The Hall–Kier alpha value is -8.87. The molecule has 6 nitrogen and oxygen atoms in total. The lowest BCUT2D eigenvalue weighted by atomic mass is 9.44. The van der Waals surface area contributed by atoms with Gasteiger partial charge in [-0.25, -0.2) is 0 Å². The normalized spacial score (nSPS) is 12.7. The zero-order valence-electron chi connectivity index (χ0n) is 36.7. The number of hydrogen-bond acceptors (Lipinski definition) is 4. The van der Waals surface area contributed by atoms with Crippen LogP contribution in [-0.2, 0) is 0 Å². The van der Waals surface area contributed by atoms with Gasteiger partial charge in [0.2, 0.25) is 7.28 Å². The standard InChI is InChI=1S/C60H38B2N4O2/c1-5-17-37(18-6-1)64(38-19-7-2-8-20-38)41-29-31-47-51(33-41)67-53-36-54-58-55(57(53)61-47)56-59-45(43-25-13-15-27-49(43)63-59)35-46-44-26-14-16-28-50(44)66(60(46)56)62(58)48-32-30-42(34-52(48)68-54)65(39-21-9-3-10-22-39)40-23-11-4-12-24-40/h1-36,61,63H. The second-order valence-corrected chi connectivity index (χ2v) is 18.1. The monoisotopic (exact) mass is 868 g/mol. The number of para-hydroxylation sites is 6. The first-order chi connectivity index (χ1) is 33.7. The van der Waals surface area contributed by atoms with Crippen LogP contribution in [0.3, 0.4) is 0 Å². The molecule has 0 spiro atoms. The molecule has 0 radical (unpaired) electrons. The molecule has 0 amide bonds. The molecule has 15 rings (SSSR count). The van der Waals surface area contributed by atoms with Crippen molar-refractivity contribution in [1.82, 2.24) is 9.46 Å². The maximum Gasteiger partial charge on any atom is 0.336 e. The van der Waals surface area contributed by atoms with Gasteiger partial charge in [0.25, 0.3) is 0 Å². The number of benzene rings is 10. The minimum atomic E-state index is -0.171. The average molecular weight is 869 g/mol. The Balaban J connectivity index is 0.985. The van der Waals surface area contributed by atoms with Gasteiger partial charge < -0.3 is 28.7 Å². The predicted octanol–water partition coefficient (Wildman–Crippen LogP) is 12.6. The van der Waals surface area contributed by atoms with Crippen LogP contribution in [0.1, 0.15) is 0 Å². The van der Waals surface area contributed by atoms with Gasteiger partial charge in [-0.1, -0.05) is 121 Å². The maximum atomic E-state index is 7.35. The van der Waals surface area contributed by atoms with E-state index in [9.17, 15) is 0 Å². The first-order valence-corrected chi connectivity index (χ1v) is 23.3. The Labute approximate surface area is 393 Å². The molecule has 3 aliphatic rings. The highest BCUT2D eigenvalue weighted by Crippen LogP contribution is 2.49. The fraction of sp³-hybridized carbons (Fsp3) is 0. The van der Waals surface area contributed by atoms with Crippen molar-refractivity contribution in [2.45, 2.75) is 0 Å². The lowest BCUT2D eigenvalue weighted by Gasteiger charge is -2.37. The second kappa shape index (κ2) is 14.3. The molecule has 2 aromatic heterocycles. The van der Waals surface area contributed by atoms with Crippen molar-refractivity contribution in [2.75, 3.05) is 9.80 Å². The Kier molecular flexibility index (Phi) is 7.86. The molecule has 5 heterocycles. The quantitative estimate of drug-likeness (QED) is 0.169. The maximum absolute atomic E-state index is 7.35. The summed E-state index contributed by atoms with van der Waals surface area (Å²) in [7, 11) is 0.699. The Bertz CT molecular complexity index is 3940. The molecule has 10 aromatic carbocycles. The van der Waals surface area contributed by atoms with Crippen molar-refractivity contribution < 1.29 is 9.47 Å². The summed E-state index contributed by atoms with van der Waals surface area (Å²) in [5.74, 6) is 3.28. The van der Waals surface area contributed by atoms with Gasteiger partial charge in [0.05, 0.1) is 5.52 Å². The zero-order chi connectivity index (χ0) is 44.5. The lowest BCUT2D eigenvalue weighted by molar-refractivity contribution is 0.466. The zero-order valence-corrected chi connectivity index (χ0v) is 36.7. The third-order valence-corrected chi connectivity index (χ3v) is 14.4. The summed E-state index contributed by atoms with van der Waals surface area (Å²) in [5, 5.41) is 4.90. The number of fused-ring (bicyclic) bond motifs is 14. The van der Waals surface area contributed by atoms with Gasteiger partial charge in [0.1, 0.15) is 23.0 Å². The van der Waals surface area contributed by atoms with Crippen LogP contribution in [0.5, 0.6) is 23.0 Å². The summed E-state index contributed by atoms with van der Waals surface area (Å²) in [6.45, 7) is -0.171. The van der Waals surface area contributed by atoms with Crippen molar-refractivity contribution in [3.8, 4) is 34.1 Å². The van der Waals surface area contributed by atoms with E-state index in [-0.39, 0.29) is 6.85 Å². The molecule has 0 atom stereocenters. The summed E-state index contributed by atoms with van der Waals surface area (Å²) >= 11 is 0. The fourth-order valence-corrected chi connectivity index (χ4v) is 11.5. The molecule has 316 valence electrons. The van der Waals surface area contributed by atoms with Crippen LogP contribution in [0, 0.1) is 0 Å². The van der Waals surface area contributed by atoms with Crippen LogP contribution >= 0.6 is 0 Å². The SMILES string of the molecule is B1c2ccc(N(c3ccccc3)c3ccccc3)cc2Oc2cc3c4c(c21)-c1c2[nH]c5ccccc5c2cc2c5ccccc5n(c12)B4c1ccc(N(c2ccccc2)c2ccccc2)cc1O3. The van der Waals surface area contributed by atoms with E-state index >= 15 is 0 Å². The molecule has 0 unspecified atom stereocenters. The lowest BCUT2D eigenvalue weighted by Crippen LogP contribution is -2.56. The van der Waals surface area contributed by atoms with Crippen molar-refractivity contribution in [3.05, 3.63) is 218 Å². The van der Waals surface area contributed by atoms with Crippen LogP contribution < -0.4 is 41.1 Å². The smallest absolute Gasteiger partial charge is 0.336 e. The van der Waals surface area contributed by atoms with Gasteiger partial charge in [-0.2, -0.15) is 0 Å². The molecule has 0 fully saturated rings. The molecule has 8 heteroatoms. The van der Waals surface area contributed by atoms with Gasteiger partial charge in [-0.15, -0.1) is 0 Å². The van der Waals surface area contributed by atoms with Crippen LogP contribution in [-0.4, -0.2) is 23.6 Å². The number of nitrogens with one attached hydrogen (secondary N) is 1. The first-order valence-electron chi connectivity index (χ1n) is 23.3. The van der Waals surface area contributed by atoms with Crippen LogP contribution in [0.25, 0.3) is 54.7 Å². The van der Waals surface area contributed by atoms with Gasteiger partial charge in [-0.05, 0) is 101 Å². The highest BCUT2D eigenvalue weighted by Gasteiger charge is 2.45. The van der Waals surface area contributed by atoms with Crippen molar-refractivity contribution in [1.29, 1.82) is 0 Å². The van der Waals surface area contributed by atoms with Gasteiger partial charge in [0.15, 0.2) is 0 Å².